The number of aryl methyl sites for hydroxylation is 1. The van der Waals surface area contributed by atoms with Gasteiger partial charge in [-0.15, -0.1) is 0 Å². The molecule has 0 bridgehead atoms. The van der Waals surface area contributed by atoms with E-state index in [4.69, 9.17) is 0 Å². The van der Waals surface area contributed by atoms with Gasteiger partial charge in [-0.1, -0.05) is 60.2 Å². The summed E-state index contributed by atoms with van der Waals surface area (Å²) in [6, 6.07) is 21.9. The summed E-state index contributed by atoms with van der Waals surface area (Å²) in [5.74, 6) is -0.898. The first-order valence-corrected chi connectivity index (χ1v) is 12.3. The summed E-state index contributed by atoms with van der Waals surface area (Å²) in [7, 11) is -3.74. The van der Waals surface area contributed by atoms with Crippen molar-refractivity contribution < 1.29 is 18.0 Å². The zero-order valence-corrected chi connectivity index (χ0v) is 19.6. The fourth-order valence-electron chi connectivity index (χ4n) is 3.40. The lowest BCUT2D eigenvalue weighted by molar-refractivity contribution is -0.116. The van der Waals surface area contributed by atoms with E-state index < -0.39 is 22.0 Å². The number of nitrogens with one attached hydrogen (secondary N) is 2. The van der Waals surface area contributed by atoms with Crippen LogP contribution in [0.3, 0.4) is 0 Å². The van der Waals surface area contributed by atoms with E-state index in [0.717, 1.165) is 21.7 Å². The number of sulfonamides is 1. The van der Waals surface area contributed by atoms with E-state index in [1.807, 2.05) is 37.3 Å². The van der Waals surface area contributed by atoms with Crippen LogP contribution in [0.4, 0.5) is 11.4 Å². The summed E-state index contributed by atoms with van der Waals surface area (Å²) in [5, 5.41) is 5.56. The van der Waals surface area contributed by atoms with Gasteiger partial charge in [-0.25, -0.2) is 8.42 Å². The van der Waals surface area contributed by atoms with Crippen LogP contribution in [0.5, 0.6) is 0 Å². The quantitative estimate of drug-likeness (QED) is 0.530. The first-order valence-electron chi connectivity index (χ1n) is 10.4. The first kappa shape index (κ1) is 24.0. The van der Waals surface area contributed by atoms with E-state index >= 15 is 0 Å². The van der Waals surface area contributed by atoms with Crippen LogP contribution in [0.25, 0.3) is 0 Å². The molecule has 33 heavy (non-hydrogen) atoms. The Morgan fingerprint density at radius 3 is 2.15 bits per heavy atom. The van der Waals surface area contributed by atoms with Crippen LogP contribution >= 0.6 is 0 Å². The fourth-order valence-corrected chi connectivity index (χ4v) is 4.58. The Labute approximate surface area is 194 Å². The van der Waals surface area contributed by atoms with Gasteiger partial charge in [-0.3, -0.25) is 13.9 Å². The summed E-state index contributed by atoms with van der Waals surface area (Å²) >= 11 is 0. The van der Waals surface area contributed by atoms with Crippen LogP contribution in [-0.2, 0) is 21.4 Å². The molecule has 0 aliphatic heterocycles. The summed E-state index contributed by atoms with van der Waals surface area (Å²) in [6.45, 7) is 3.74. The highest BCUT2D eigenvalue weighted by Gasteiger charge is 2.29. The second-order valence-corrected chi connectivity index (χ2v) is 9.63. The van der Waals surface area contributed by atoms with E-state index in [2.05, 4.69) is 10.6 Å². The van der Waals surface area contributed by atoms with Crippen molar-refractivity contribution in [3.05, 3.63) is 95.6 Å². The van der Waals surface area contributed by atoms with Crippen LogP contribution < -0.4 is 14.9 Å². The minimum Gasteiger partial charge on any atom is -0.348 e. The van der Waals surface area contributed by atoms with Crippen LogP contribution in [0.2, 0.25) is 0 Å². The predicted octanol–water partition coefficient (Wildman–Crippen LogP) is 3.72. The molecule has 3 rings (SSSR count). The van der Waals surface area contributed by atoms with E-state index in [-0.39, 0.29) is 11.5 Å². The lowest BCUT2D eigenvalue weighted by Gasteiger charge is -2.28. The monoisotopic (exact) mass is 465 g/mol. The number of rotatable bonds is 8. The number of carbonyl (C=O) groups excluding carboxylic acids is 2. The van der Waals surface area contributed by atoms with Crippen molar-refractivity contribution in [3.8, 4) is 0 Å². The number of hydrogen-bond donors (Lipinski definition) is 2. The highest BCUT2D eigenvalue weighted by Crippen LogP contribution is 2.23. The highest BCUT2D eigenvalue weighted by atomic mass is 32.2. The Morgan fingerprint density at radius 1 is 0.909 bits per heavy atom. The van der Waals surface area contributed by atoms with Gasteiger partial charge >= 0.3 is 0 Å². The number of nitrogens with zero attached hydrogens (tertiary/aromatic N) is 1. The molecule has 172 valence electrons. The second kappa shape index (κ2) is 10.3. The molecule has 3 aromatic carbocycles. The third-order valence-electron chi connectivity index (χ3n) is 5.10. The van der Waals surface area contributed by atoms with Crippen molar-refractivity contribution in [1.82, 2.24) is 5.32 Å². The second-order valence-electron chi connectivity index (χ2n) is 7.77. The lowest BCUT2D eigenvalue weighted by atomic mass is 10.1. The van der Waals surface area contributed by atoms with Crippen molar-refractivity contribution in [2.45, 2.75) is 26.4 Å². The number of amides is 2. The normalized spacial score (nSPS) is 12.0. The molecular formula is C25H27N3O4S. The molecular weight excluding hydrogens is 438 g/mol. The Hall–Kier alpha value is -3.65. The SMILES string of the molecule is Cc1ccc(N(C(C)C(=O)Nc2ccccc2C(=O)NCc2ccccc2)S(C)(=O)=O)cc1. The average molecular weight is 466 g/mol. The fraction of sp³-hybridized carbons (Fsp3) is 0.200. The van der Waals surface area contributed by atoms with Gasteiger partial charge in [0.05, 0.1) is 23.2 Å². The minimum absolute atomic E-state index is 0.287. The van der Waals surface area contributed by atoms with Crippen molar-refractivity contribution in [3.63, 3.8) is 0 Å². The highest BCUT2D eigenvalue weighted by molar-refractivity contribution is 7.92. The number of benzene rings is 3. The molecule has 0 aromatic heterocycles. The molecule has 0 spiro atoms. The van der Waals surface area contributed by atoms with Crippen molar-refractivity contribution in [2.75, 3.05) is 15.9 Å². The van der Waals surface area contributed by atoms with Crippen LogP contribution in [-0.4, -0.2) is 32.5 Å². The van der Waals surface area contributed by atoms with Gasteiger partial charge in [0.25, 0.3) is 5.91 Å². The van der Waals surface area contributed by atoms with E-state index in [0.29, 0.717) is 17.9 Å². The van der Waals surface area contributed by atoms with Gasteiger partial charge in [-0.2, -0.15) is 0 Å². The Balaban J connectivity index is 1.79. The average Bonchev–Trinajstić information content (AvgIpc) is 2.79. The molecule has 8 heteroatoms. The molecule has 2 amide bonds. The maximum absolute atomic E-state index is 13.0. The maximum Gasteiger partial charge on any atom is 0.253 e. The lowest BCUT2D eigenvalue weighted by Crippen LogP contribution is -2.45. The summed E-state index contributed by atoms with van der Waals surface area (Å²) in [5.41, 5.74) is 2.90. The number of carbonyl (C=O) groups is 2. The van der Waals surface area contributed by atoms with Gasteiger partial charge in [0.2, 0.25) is 15.9 Å². The molecule has 0 saturated heterocycles. The minimum atomic E-state index is -3.74. The molecule has 1 atom stereocenters. The maximum atomic E-state index is 13.0. The van der Waals surface area contributed by atoms with Gasteiger partial charge in [-0.05, 0) is 43.7 Å². The summed E-state index contributed by atoms with van der Waals surface area (Å²) in [4.78, 5) is 25.8. The molecule has 1 unspecified atom stereocenters. The predicted molar refractivity (Wildman–Crippen MR) is 131 cm³/mol. The molecule has 0 fully saturated rings. The van der Waals surface area contributed by atoms with Crippen LogP contribution in [0.15, 0.2) is 78.9 Å². The third kappa shape index (κ3) is 6.20. The number of para-hydroxylation sites is 1. The van der Waals surface area contributed by atoms with E-state index in [1.165, 1.54) is 6.92 Å². The molecule has 0 aliphatic rings. The zero-order chi connectivity index (χ0) is 24.0. The first-order chi connectivity index (χ1) is 15.7. The van der Waals surface area contributed by atoms with Crippen LogP contribution in [0, 0.1) is 6.92 Å². The van der Waals surface area contributed by atoms with Gasteiger partial charge < -0.3 is 10.6 Å². The standard InChI is InChI=1S/C25H27N3O4S/c1-18-13-15-21(16-14-18)28(33(3,31)32)19(2)24(29)27-23-12-8-7-11-22(23)25(30)26-17-20-9-5-4-6-10-20/h4-16,19H,17H2,1-3H3,(H,26,30)(H,27,29). The van der Waals surface area contributed by atoms with Gasteiger partial charge in [0.1, 0.15) is 6.04 Å². The Morgan fingerprint density at radius 2 is 1.52 bits per heavy atom. The van der Waals surface area contributed by atoms with Crippen molar-refractivity contribution in [2.24, 2.45) is 0 Å². The summed E-state index contributed by atoms with van der Waals surface area (Å²) in [6.07, 6.45) is 1.06. The molecule has 0 saturated carbocycles. The molecule has 2 N–H and O–H groups in total. The van der Waals surface area contributed by atoms with Crippen molar-refractivity contribution in [1.29, 1.82) is 0 Å². The van der Waals surface area contributed by atoms with Crippen molar-refractivity contribution >= 4 is 33.2 Å². The largest absolute Gasteiger partial charge is 0.348 e. The molecule has 0 radical (unpaired) electrons. The topological polar surface area (TPSA) is 95.6 Å². The van der Waals surface area contributed by atoms with Gasteiger partial charge in [0.15, 0.2) is 0 Å². The molecule has 3 aromatic rings. The number of anilines is 2. The summed E-state index contributed by atoms with van der Waals surface area (Å²) < 4.78 is 26.1. The Bertz CT molecular complexity index is 1230. The van der Waals surface area contributed by atoms with E-state index in [9.17, 15) is 18.0 Å². The molecule has 7 nitrogen and oxygen atoms in total. The molecule has 0 heterocycles. The van der Waals surface area contributed by atoms with Gasteiger partial charge in [0, 0.05) is 6.54 Å². The van der Waals surface area contributed by atoms with E-state index in [1.54, 1.807) is 48.5 Å². The molecule has 0 aliphatic carbocycles. The number of hydrogen-bond acceptors (Lipinski definition) is 4. The smallest absolute Gasteiger partial charge is 0.253 e. The van der Waals surface area contributed by atoms with Crippen LogP contribution in [0.1, 0.15) is 28.4 Å². The zero-order valence-electron chi connectivity index (χ0n) is 18.8. The third-order valence-corrected chi connectivity index (χ3v) is 6.34. The Kier molecular flexibility index (Phi) is 7.50.